The fourth-order valence-electron chi connectivity index (χ4n) is 4.60. The van der Waals surface area contributed by atoms with Crippen LogP contribution in [0.1, 0.15) is 25.0 Å². The van der Waals surface area contributed by atoms with E-state index in [1.165, 1.54) is 38.0 Å². The Labute approximate surface area is 161 Å². The lowest BCUT2D eigenvalue weighted by molar-refractivity contribution is 0.651. The van der Waals surface area contributed by atoms with E-state index in [2.05, 4.69) is 74.9 Å². The SMILES string of the molecule is CC1(C)c2c(ccc3ncccc23)-c2nccc3cc([Si](C)(C)C)cc1c23. The van der Waals surface area contributed by atoms with Crippen LogP contribution in [0, 0.1) is 0 Å². The first-order valence-corrected chi connectivity index (χ1v) is 13.1. The predicted octanol–water partition coefficient (Wildman–Crippen LogP) is 5.63. The van der Waals surface area contributed by atoms with Crippen molar-refractivity contribution < 1.29 is 0 Å². The van der Waals surface area contributed by atoms with Gasteiger partial charge in [0.15, 0.2) is 0 Å². The number of pyridine rings is 2. The van der Waals surface area contributed by atoms with Crippen molar-refractivity contribution in [3.63, 3.8) is 0 Å². The minimum Gasteiger partial charge on any atom is -0.256 e. The van der Waals surface area contributed by atoms with Crippen LogP contribution in [0.3, 0.4) is 0 Å². The van der Waals surface area contributed by atoms with Gasteiger partial charge < -0.3 is 0 Å². The van der Waals surface area contributed by atoms with Gasteiger partial charge in [0, 0.05) is 34.1 Å². The van der Waals surface area contributed by atoms with Gasteiger partial charge in [-0.25, -0.2) is 0 Å². The van der Waals surface area contributed by atoms with Crippen molar-refractivity contribution in [3.05, 3.63) is 66.0 Å². The summed E-state index contributed by atoms with van der Waals surface area (Å²) in [4.78, 5) is 9.44. The molecular formula is C24H24N2Si. The molecule has 5 rings (SSSR count). The molecule has 0 amide bonds. The second-order valence-corrected chi connectivity index (χ2v) is 14.3. The van der Waals surface area contributed by atoms with Crippen LogP contribution in [0.5, 0.6) is 0 Å². The van der Waals surface area contributed by atoms with E-state index in [-0.39, 0.29) is 5.41 Å². The minimum atomic E-state index is -1.43. The van der Waals surface area contributed by atoms with E-state index in [0.29, 0.717) is 0 Å². The zero-order valence-corrected chi connectivity index (χ0v) is 17.6. The number of hydrogen-bond donors (Lipinski definition) is 0. The van der Waals surface area contributed by atoms with Gasteiger partial charge in [0.1, 0.15) is 0 Å². The van der Waals surface area contributed by atoms with E-state index in [1.807, 2.05) is 18.5 Å². The first kappa shape index (κ1) is 16.6. The number of benzene rings is 2. The average molecular weight is 369 g/mol. The van der Waals surface area contributed by atoms with Gasteiger partial charge in [-0.15, -0.1) is 0 Å². The first-order chi connectivity index (χ1) is 12.8. The number of rotatable bonds is 1. The van der Waals surface area contributed by atoms with Crippen molar-refractivity contribution >= 4 is 34.9 Å². The van der Waals surface area contributed by atoms with E-state index in [9.17, 15) is 0 Å². The third-order valence-corrected chi connectivity index (χ3v) is 8.09. The standard InChI is InChI=1S/C24H24N2Si/c1-24(2)19-14-16(27(3,4)5)13-15-10-12-26-23(21(15)19)18-8-9-20-17(22(18)24)7-6-11-25-20/h6-14H,1-5H3. The number of fused-ring (bicyclic) bond motifs is 4. The molecule has 2 heterocycles. The molecule has 0 saturated heterocycles. The summed E-state index contributed by atoms with van der Waals surface area (Å²) in [7, 11) is -1.43. The number of aromatic nitrogens is 2. The zero-order valence-electron chi connectivity index (χ0n) is 16.6. The van der Waals surface area contributed by atoms with Crippen LogP contribution in [0.15, 0.2) is 54.9 Å². The maximum absolute atomic E-state index is 4.83. The Balaban J connectivity index is 1.99. The lowest BCUT2D eigenvalue weighted by Gasteiger charge is -2.36. The van der Waals surface area contributed by atoms with E-state index in [4.69, 9.17) is 4.98 Å². The van der Waals surface area contributed by atoms with Crippen molar-refractivity contribution in [1.82, 2.24) is 9.97 Å². The largest absolute Gasteiger partial charge is 0.256 e. The molecule has 1 aliphatic carbocycles. The summed E-state index contributed by atoms with van der Waals surface area (Å²) >= 11 is 0. The van der Waals surface area contributed by atoms with E-state index < -0.39 is 8.07 Å². The van der Waals surface area contributed by atoms with Gasteiger partial charge in [0.05, 0.1) is 19.3 Å². The van der Waals surface area contributed by atoms with Crippen molar-refractivity contribution in [2.45, 2.75) is 38.9 Å². The summed E-state index contributed by atoms with van der Waals surface area (Å²) in [5, 5.41) is 5.39. The Hall–Kier alpha value is -2.52. The first-order valence-electron chi connectivity index (χ1n) is 9.61. The fourth-order valence-corrected chi connectivity index (χ4v) is 5.77. The summed E-state index contributed by atoms with van der Waals surface area (Å²) in [6.45, 7) is 12.0. The molecule has 3 heteroatoms. The van der Waals surface area contributed by atoms with Gasteiger partial charge in [-0.3, -0.25) is 9.97 Å². The molecule has 4 aromatic rings. The lowest BCUT2D eigenvalue weighted by Crippen LogP contribution is -2.39. The minimum absolute atomic E-state index is 0.0954. The molecule has 2 nitrogen and oxygen atoms in total. The van der Waals surface area contributed by atoms with Crippen molar-refractivity contribution in [1.29, 1.82) is 0 Å². The van der Waals surface area contributed by atoms with E-state index in [0.717, 1.165) is 11.2 Å². The Morgan fingerprint density at radius 1 is 0.889 bits per heavy atom. The molecular weight excluding hydrogens is 344 g/mol. The molecule has 134 valence electrons. The van der Waals surface area contributed by atoms with Gasteiger partial charge in [-0.05, 0) is 34.7 Å². The molecule has 0 fully saturated rings. The molecule has 2 aromatic carbocycles. The van der Waals surface area contributed by atoms with Gasteiger partial charge in [0.25, 0.3) is 0 Å². The Morgan fingerprint density at radius 3 is 2.48 bits per heavy atom. The molecule has 0 radical (unpaired) electrons. The van der Waals surface area contributed by atoms with Gasteiger partial charge >= 0.3 is 0 Å². The van der Waals surface area contributed by atoms with Crippen LogP contribution in [0.2, 0.25) is 19.6 Å². The van der Waals surface area contributed by atoms with Crippen molar-refractivity contribution in [2.75, 3.05) is 0 Å². The summed E-state index contributed by atoms with van der Waals surface area (Å²) < 4.78 is 0. The van der Waals surface area contributed by atoms with Gasteiger partial charge in [-0.2, -0.15) is 0 Å². The molecule has 1 aliphatic rings. The van der Waals surface area contributed by atoms with Crippen molar-refractivity contribution in [3.8, 4) is 11.3 Å². The Morgan fingerprint density at radius 2 is 1.70 bits per heavy atom. The Kier molecular flexibility index (Phi) is 3.24. The average Bonchev–Trinajstić information content (AvgIpc) is 2.64. The molecule has 2 aromatic heterocycles. The third kappa shape index (κ3) is 2.24. The molecule has 0 bridgehead atoms. The highest BCUT2D eigenvalue weighted by Gasteiger charge is 2.36. The maximum atomic E-state index is 4.83. The third-order valence-electron chi connectivity index (χ3n) is 6.07. The van der Waals surface area contributed by atoms with Crippen LogP contribution in [0.25, 0.3) is 32.9 Å². The van der Waals surface area contributed by atoms with Crippen molar-refractivity contribution in [2.24, 2.45) is 0 Å². The lowest BCUT2D eigenvalue weighted by atomic mass is 9.68. The molecule has 0 N–H and O–H groups in total. The maximum Gasteiger partial charge on any atom is 0.0786 e. The summed E-state index contributed by atoms with van der Waals surface area (Å²) in [6.07, 6.45) is 3.84. The second-order valence-electron chi connectivity index (χ2n) is 9.21. The van der Waals surface area contributed by atoms with E-state index >= 15 is 0 Å². The topological polar surface area (TPSA) is 25.8 Å². The van der Waals surface area contributed by atoms with Crippen LogP contribution < -0.4 is 5.19 Å². The molecule has 0 atom stereocenters. The number of nitrogens with zero attached hydrogens (tertiary/aromatic N) is 2. The molecule has 0 unspecified atom stereocenters. The van der Waals surface area contributed by atoms with Gasteiger partial charge in [0.2, 0.25) is 0 Å². The highest BCUT2D eigenvalue weighted by Crippen LogP contribution is 2.49. The van der Waals surface area contributed by atoms with E-state index in [1.54, 1.807) is 0 Å². The predicted molar refractivity (Wildman–Crippen MR) is 118 cm³/mol. The highest BCUT2D eigenvalue weighted by molar-refractivity contribution is 6.88. The zero-order chi connectivity index (χ0) is 19.0. The van der Waals surface area contributed by atoms with Gasteiger partial charge in [-0.1, -0.05) is 62.9 Å². The summed E-state index contributed by atoms with van der Waals surface area (Å²) in [6, 6.07) is 15.6. The normalized spacial score (nSPS) is 15.1. The smallest absolute Gasteiger partial charge is 0.0786 e. The number of hydrogen-bond acceptors (Lipinski definition) is 2. The molecule has 27 heavy (non-hydrogen) atoms. The van der Waals surface area contributed by atoms with Crippen LogP contribution in [-0.4, -0.2) is 18.0 Å². The quantitative estimate of drug-likeness (QED) is 0.407. The molecule has 0 saturated carbocycles. The monoisotopic (exact) mass is 368 g/mol. The summed E-state index contributed by atoms with van der Waals surface area (Å²) in [5.74, 6) is 0. The van der Waals surface area contributed by atoms with Crippen LogP contribution in [-0.2, 0) is 5.41 Å². The Bertz CT molecular complexity index is 1230. The second kappa shape index (κ2) is 5.26. The molecule has 0 spiro atoms. The fraction of sp³-hybridized carbons (Fsp3) is 0.250. The highest BCUT2D eigenvalue weighted by atomic mass is 28.3. The summed E-state index contributed by atoms with van der Waals surface area (Å²) in [5.41, 5.74) is 6.09. The van der Waals surface area contributed by atoms with Crippen LogP contribution in [0.4, 0.5) is 0 Å². The van der Waals surface area contributed by atoms with Crippen LogP contribution >= 0.6 is 0 Å². The molecule has 0 aliphatic heterocycles.